The van der Waals surface area contributed by atoms with Crippen LogP contribution < -0.4 is 16.9 Å². The molecular formula is C8H15BN2O2. The Labute approximate surface area is 78.3 Å². The third-order valence-electron chi connectivity index (χ3n) is 1.26. The van der Waals surface area contributed by atoms with Gasteiger partial charge in [0.25, 0.3) is 0 Å². The molecule has 4 nitrogen and oxygen atoms in total. The average molecular weight is 182 g/mol. The molecule has 1 aromatic carbocycles. The second-order valence-electron chi connectivity index (χ2n) is 2.36. The fourth-order valence-electron chi connectivity index (χ4n) is 0.625. The van der Waals surface area contributed by atoms with Gasteiger partial charge >= 0.3 is 7.12 Å². The molecule has 0 heterocycles. The van der Waals surface area contributed by atoms with E-state index in [9.17, 15) is 0 Å². The minimum atomic E-state index is -1.34. The van der Waals surface area contributed by atoms with Gasteiger partial charge in [-0.2, -0.15) is 0 Å². The topological polar surface area (TPSA) is 92.5 Å². The molecule has 0 atom stereocenters. The van der Waals surface area contributed by atoms with Crippen molar-refractivity contribution in [3.05, 3.63) is 30.3 Å². The van der Waals surface area contributed by atoms with Gasteiger partial charge in [-0.3, -0.25) is 0 Å². The molecule has 0 fully saturated rings. The van der Waals surface area contributed by atoms with Gasteiger partial charge in [-0.15, -0.1) is 0 Å². The minimum absolute atomic E-state index is 0.525. The van der Waals surface area contributed by atoms with Gasteiger partial charge in [0, 0.05) is 13.1 Å². The normalized spacial score (nSPS) is 8.62. The monoisotopic (exact) mass is 182 g/mol. The van der Waals surface area contributed by atoms with Gasteiger partial charge in [-0.1, -0.05) is 30.3 Å². The SMILES string of the molecule is NCCN.OB(O)c1ccccc1. The molecule has 0 aliphatic heterocycles. The summed E-state index contributed by atoms with van der Waals surface area (Å²) in [5.74, 6) is 0. The van der Waals surface area contributed by atoms with Crippen LogP contribution in [0, 0.1) is 0 Å². The van der Waals surface area contributed by atoms with Gasteiger partial charge in [0.15, 0.2) is 0 Å². The fourth-order valence-corrected chi connectivity index (χ4v) is 0.625. The molecule has 13 heavy (non-hydrogen) atoms. The minimum Gasteiger partial charge on any atom is -0.423 e. The predicted molar refractivity (Wildman–Crippen MR) is 54.4 cm³/mol. The van der Waals surface area contributed by atoms with Crippen molar-refractivity contribution in [3.63, 3.8) is 0 Å². The summed E-state index contributed by atoms with van der Waals surface area (Å²) in [5, 5.41) is 17.2. The van der Waals surface area contributed by atoms with Crippen LogP contribution in [-0.2, 0) is 0 Å². The zero-order chi connectivity index (χ0) is 10.1. The second-order valence-corrected chi connectivity index (χ2v) is 2.36. The molecule has 0 aromatic heterocycles. The second kappa shape index (κ2) is 7.76. The summed E-state index contributed by atoms with van der Waals surface area (Å²) >= 11 is 0. The van der Waals surface area contributed by atoms with Crippen molar-refractivity contribution < 1.29 is 10.0 Å². The molecule has 0 aliphatic carbocycles. The summed E-state index contributed by atoms with van der Waals surface area (Å²) in [6.45, 7) is 1.19. The van der Waals surface area contributed by atoms with Crippen LogP contribution in [0.2, 0.25) is 0 Å². The Hall–Kier alpha value is -0.875. The summed E-state index contributed by atoms with van der Waals surface area (Å²) in [6.07, 6.45) is 0. The Bertz CT molecular complexity index is 205. The maximum atomic E-state index is 8.58. The van der Waals surface area contributed by atoms with E-state index in [4.69, 9.17) is 21.5 Å². The van der Waals surface area contributed by atoms with E-state index in [1.807, 2.05) is 6.07 Å². The molecular weight excluding hydrogens is 167 g/mol. The van der Waals surface area contributed by atoms with Crippen molar-refractivity contribution in [2.24, 2.45) is 11.5 Å². The highest BCUT2D eigenvalue weighted by molar-refractivity contribution is 6.58. The Morgan fingerprint density at radius 3 is 1.69 bits per heavy atom. The molecule has 0 spiro atoms. The lowest BCUT2D eigenvalue weighted by molar-refractivity contribution is 0.426. The number of hydrogen-bond acceptors (Lipinski definition) is 4. The first kappa shape index (κ1) is 12.1. The van der Waals surface area contributed by atoms with E-state index in [-0.39, 0.29) is 0 Å². The van der Waals surface area contributed by atoms with Crippen molar-refractivity contribution in [1.29, 1.82) is 0 Å². The molecule has 0 aliphatic rings. The van der Waals surface area contributed by atoms with Gasteiger partial charge in [-0.05, 0) is 5.46 Å². The molecule has 0 unspecified atom stereocenters. The van der Waals surface area contributed by atoms with Crippen LogP contribution in [0.1, 0.15) is 0 Å². The van der Waals surface area contributed by atoms with E-state index in [1.165, 1.54) is 0 Å². The van der Waals surface area contributed by atoms with Crippen molar-refractivity contribution in [2.45, 2.75) is 0 Å². The zero-order valence-electron chi connectivity index (χ0n) is 7.43. The summed E-state index contributed by atoms with van der Waals surface area (Å²) in [5.41, 5.74) is 10.3. The van der Waals surface area contributed by atoms with Crippen LogP contribution >= 0.6 is 0 Å². The number of rotatable bonds is 2. The Morgan fingerprint density at radius 1 is 1.00 bits per heavy atom. The lowest BCUT2D eigenvalue weighted by Crippen LogP contribution is -2.29. The highest BCUT2D eigenvalue weighted by Crippen LogP contribution is 1.82. The van der Waals surface area contributed by atoms with Crippen molar-refractivity contribution >= 4 is 12.6 Å². The average Bonchev–Trinajstić information content (AvgIpc) is 2.19. The van der Waals surface area contributed by atoms with Gasteiger partial charge in [0.1, 0.15) is 0 Å². The Morgan fingerprint density at radius 2 is 1.46 bits per heavy atom. The van der Waals surface area contributed by atoms with Crippen LogP contribution in [0.3, 0.4) is 0 Å². The Kier molecular flexibility index (Phi) is 7.24. The number of benzene rings is 1. The van der Waals surface area contributed by atoms with Crippen LogP contribution in [0.5, 0.6) is 0 Å². The molecule has 0 saturated carbocycles. The fraction of sp³-hybridized carbons (Fsp3) is 0.250. The van der Waals surface area contributed by atoms with E-state index in [1.54, 1.807) is 24.3 Å². The first-order chi connectivity index (χ1) is 6.22. The maximum absolute atomic E-state index is 8.58. The highest BCUT2D eigenvalue weighted by Gasteiger charge is 2.07. The van der Waals surface area contributed by atoms with Crippen molar-refractivity contribution in [1.82, 2.24) is 0 Å². The maximum Gasteiger partial charge on any atom is 0.488 e. The zero-order valence-corrected chi connectivity index (χ0v) is 7.43. The molecule has 0 amide bonds. The quantitative estimate of drug-likeness (QED) is 0.409. The third kappa shape index (κ3) is 6.30. The van der Waals surface area contributed by atoms with E-state index in [0.29, 0.717) is 18.6 Å². The Balaban J connectivity index is 0.000000310. The molecule has 0 radical (unpaired) electrons. The molecule has 1 aromatic rings. The van der Waals surface area contributed by atoms with Gasteiger partial charge < -0.3 is 21.5 Å². The smallest absolute Gasteiger partial charge is 0.423 e. The lowest BCUT2D eigenvalue weighted by atomic mass is 9.81. The summed E-state index contributed by atoms with van der Waals surface area (Å²) in [6, 6.07) is 8.66. The van der Waals surface area contributed by atoms with E-state index >= 15 is 0 Å². The largest absolute Gasteiger partial charge is 0.488 e. The molecule has 5 heteroatoms. The van der Waals surface area contributed by atoms with E-state index < -0.39 is 7.12 Å². The van der Waals surface area contributed by atoms with Crippen molar-refractivity contribution in [3.8, 4) is 0 Å². The lowest BCUT2D eigenvalue weighted by Gasteiger charge is -1.94. The van der Waals surface area contributed by atoms with Crippen molar-refractivity contribution in [2.75, 3.05) is 13.1 Å². The molecule has 0 saturated heterocycles. The first-order valence-corrected chi connectivity index (χ1v) is 4.03. The summed E-state index contributed by atoms with van der Waals surface area (Å²) < 4.78 is 0. The standard InChI is InChI=1S/C6H7BO2.C2H8N2/c8-7(9)6-4-2-1-3-5-6;3-1-2-4/h1-5,8-9H;1-4H2. The van der Waals surface area contributed by atoms with Crippen LogP contribution in [0.15, 0.2) is 30.3 Å². The highest BCUT2D eigenvalue weighted by atomic mass is 16.4. The van der Waals surface area contributed by atoms with Crippen LogP contribution in [0.4, 0.5) is 0 Å². The van der Waals surface area contributed by atoms with Gasteiger partial charge in [0.05, 0.1) is 0 Å². The third-order valence-corrected chi connectivity index (χ3v) is 1.26. The molecule has 72 valence electrons. The van der Waals surface area contributed by atoms with E-state index in [0.717, 1.165) is 0 Å². The van der Waals surface area contributed by atoms with Crippen LogP contribution in [0.25, 0.3) is 0 Å². The summed E-state index contributed by atoms with van der Waals surface area (Å²) in [7, 11) is -1.34. The van der Waals surface area contributed by atoms with Gasteiger partial charge in [0.2, 0.25) is 0 Å². The predicted octanol–water partition coefficient (Wildman–Crippen LogP) is -1.73. The molecule has 0 bridgehead atoms. The van der Waals surface area contributed by atoms with Crippen LogP contribution in [-0.4, -0.2) is 30.3 Å². The summed E-state index contributed by atoms with van der Waals surface area (Å²) in [4.78, 5) is 0. The number of nitrogens with two attached hydrogens (primary N) is 2. The molecule has 6 N–H and O–H groups in total. The molecule has 1 rings (SSSR count). The van der Waals surface area contributed by atoms with Gasteiger partial charge in [-0.25, -0.2) is 0 Å². The number of hydrogen-bond donors (Lipinski definition) is 4. The first-order valence-electron chi connectivity index (χ1n) is 4.03. The van der Waals surface area contributed by atoms with E-state index in [2.05, 4.69) is 0 Å².